The van der Waals surface area contributed by atoms with Gasteiger partial charge in [-0.3, -0.25) is 0 Å². The van der Waals surface area contributed by atoms with Crippen LogP contribution in [0.15, 0.2) is 12.3 Å². The molecule has 1 N–H and O–H groups in total. The Morgan fingerprint density at radius 3 is 3.00 bits per heavy atom. The maximum absolute atomic E-state index is 8.98. The summed E-state index contributed by atoms with van der Waals surface area (Å²) in [5, 5.41) is 12.8. The molecule has 0 unspecified atom stereocenters. The Kier molecular flexibility index (Phi) is 3.23. The van der Waals surface area contributed by atoms with Gasteiger partial charge in [-0.2, -0.15) is 5.26 Å². The average molecular weight is 251 g/mol. The summed E-state index contributed by atoms with van der Waals surface area (Å²) in [5.74, 6) is 0.706. The van der Waals surface area contributed by atoms with Gasteiger partial charge in [-0.1, -0.05) is 11.6 Å². The van der Waals surface area contributed by atoms with Crippen LogP contribution in [0.25, 0.3) is 0 Å². The number of anilines is 1. The number of halogens is 1. The molecule has 0 saturated carbocycles. The lowest BCUT2D eigenvalue weighted by atomic mass is 10.00. The van der Waals surface area contributed by atoms with Crippen molar-refractivity contribution in [3.8, 4) is 6.07 Å². The number of nitrogens with one attached hydrogen (secondary N) is 1. The summed E-state index contributed by atoms with van der Waals surface area (Å²) in [6.07, 6.45) is 1.64. The molecular weight excluding hydrogens is 236 g/mol. The number of rotatable bonds is 1. The minimum Gasteiger partial charge on any atom is -0.348 e. The quantitative estimate of drug-likeness (QED) is 0.826. The summed E-state index contributed by atoms with van der Waals surface area (Å²) < 4.78 is 0. The first-order valence-corrected chi connectivity index (χ1v) is 5.97. The first kappa shape index (κ1) is 12.2. The van der Waals surface area contributed by atoms with Crippen molar-refractivity contribution in [3.63, 3.8) is 0 Å². The summed E-state index contributed by atoms with van der Waals surface area (Å²) >= 11 is 6.22. The molecule has 17 heavy (non-hydrogen) atoms. The Labute approximate surface area is 106 Å². The molecule has 4 nitrogen and oxygen atoms in total. The van der Waals surface area contributed by atoms with Gasteiger partial charge in [0.2, 0.25) is 0 Å². The molecule has 1 saturated heterocycles. The van der Waals surface area contributed by atoms with Gasteiger partial charge in [-0.15, -0.1) is 0 Å². The monoisotopic (exact) mass is 250 g/mol. The molecule has 90 valence electrons. The maximum Gasteiger partial charge on any atom is 0.149 e. The lowest BCUT2D eigenvalue weighted by Crippen LogP contribution is -2.58. The van der Waals surface area contributed by atoms with E-state index in [9.17, 15) is 0 Å². The summed E-state index contributed by atoms with van der Waals surface area (Å²) in [7, 11) is 0. The second-order valence-electron chi connectivity index (χ2n) is 4.75. The largest absolute Gasteiger partial charge is 0.348 e. The predicted octanol–water partition coefficient (Wildman–Crippen LogP) is 1.79. The fraction of sp³-hybridized carbons (Fsp3) is 0.500. The van der Waals surface area contributed by atoms with Gasteiger partial charge >= 0.3 is 0 Å². The van der Waals surface area contributed by atoms with E-state index in [2.05, 4.69) is 35.1 Å². The van der Waals surface area contributed by atoms with Crippen molar-refractivity contribution >= 4 is 17.4 Å². The van der Waals surface area contributed by atoms with Gasteiger partial charge in [-0.25, -0.2) is 4.98 Å². The minimum absolute atomic E-state index is 0.0526. The van der Waals surface area contributed by atoms with E-state index >= 15 is 0 Å². The first-order chi connectivity index (χ1) is 8.06. The van der Waals surface area contributed by atoms with Crippen molar-refractivity contribution in [2.75, 3.05) is 24.5 Å². The van der Waals surface area contributed by atoms with Gasteiger partial charge in [0, 0.05) is 31.4 Å². The molecule has 0 bridgehead atoms. The number of aromatic nitrogens is 1. The summed E-state index contributed by atoms with van der Waals surface area (Å²) in [6.45, 7) is 6.89. The van der Waals surface area contributed by atoms with Crippen molar-refractivity contribution in [2.24, 2.45) is 0 Å². The third-order valence-electron chi connectivity index (χ3n) is 3.05. The van der Waals surface area contributed by atoms with Crippen LogP contribution in [0, 0.1) is 11.3 Å². The van der Waals surface area contributed by atoms with E-state index in [1.165, 1.54) is 0 Å². The van der Waals surface area contributed by atoms with Gasteiger partial charge in [0.15, 0.2) is 0 Å². The molecule has 1 fully saturated rings. The van der Waals surface area contributed by atoms with Gasteiger partial charge in [0.25, 0.3) is 0 Å². The van der Waals surface area contributed by atoms with Crippen LogP contribution >= 0.6 is 11.6 Å². The predicted molar refractivity (Wildman–Crippen MR) is 68.3 cm³/mol. The molecule has 0 amide bonds. The Morgan fingerprint density at radius 2 is 2.35 bits per heavy atom. The summed E-state index contributed by atoms with van der Waals surface area (Å²) in [4.78, 5) is 6.48. The van der Waals surface area contributed by atoms with Crippen molar-refractivity contribution in [1.82, 2.24) is 10.3 Å². The second-order valence-corrected chi connectivity index (χ2v) is 5.13. The maximum atomic E-state index is 8.98. The molecule has 1 aromatic heterocycles. The molecule has 5 heteroatoms. The number of nitriles is 1. The molecule has 2 heterocycles. The zero-order valence-corrected chi connectivity index (χ0v) is 10.8. The Balaban J connectivity index is 2.43. The number of pyridine rings is 1. The third kappa shape index (κ3) is 2.21. The third-order valence-corrected chi connectivity index (χ3v) is 3.42. The van der Waals surface area contributed by atoms with Crippen molar-refractivity contribution in [2.45, 2.75) is 19.4 Å². The van der Waals surface area contributed by atoms with Gasteiger partial charge in [0.1, 0.15) is 16.9 Å². The van der Waals surface area contributed by atoms with E-state index in [1.807, 2.05) is 0 Å². The molecule has 0 aliphatic carbocycles. The van der Waals surface area contributed by atoms with Crippen LogP contribution < -0.4 is 10.2 Å². The number of hydrogen-bond donors (Lipinski definition) is 1. The second kappa shape index (κ2) is 4.52. The highest BCUT2D eigenvalue weighted by atomic mass is 35.5. The van der Waals surface area contributed by atoms with Crippen molar-refractivity contribution in [1.29, 1.82) is 5.26 Å². The smallest absolute Gasteiger partial charge is 0.149 e. The number of hydrogen-bond acceptors (Lipinski definition) is 4. The first-order valence-electron chi connectivity index (χ1n) is 5.59. The van der Waals surface area contributed by atoms with Crippen LogP contribution in [0.2, 0.25) is 5.02 Å². The zero-order chi connectivity index (χ0) is 12.5. The summed E-state index contributed by atoms with van der Waals surface area (Å²) in [6, 6.07) is 3.73. The highest BCUT2D eigenvalue weighted by Crippen LogP contribution is 2.31. The Morgan fingerprint density at radius 1 is 1.59 bits per heavy atom. The normalized spacial score (nSPS) is 18.8. The standard InChI is InChI=1S/C12H15ClN4/c1-12(2)8-15-5-6-17(12)11-10(13)9(7-14)3-4-16-11/h3-4,15H,5-6,8H2,1-2H3. The van der Waals surface area contributed by atoms with Crippen LogP contribution in [0.1, 0.15) is 19.4 Å². The minimum atomic E-state index is -0.0526. The molecule has 1 aliphatic heterocycles. The molecule has 0 radical (unpaired) electrons. The number of nitrogens with zero attached hydrogens (tertiary/aromatic N) is 3. The Bertz CT molecular complexity index is 464. The molecule has 1 aromatic rings. The molecule has 0 aromatic carbocycles. The van der Waals surface area contributed by atoms with E-state index in [4.69, 9.17) is 16.9 Å². The van der Waals surface area contributed by atoms with Gasteiger partial charge < -0.3 is 10.2 Å². The lowest BCUT2D eigenvalue weighted by Gasteiger charge is -2.44. The van der Waals surface area contributed by atoms with Crippen LogP contribution in [0.4, 0.5) is 5.82 Å². The molecular formula is C12H15ClN4. The SMILES string of the molecule is CC1(C)CNCCN1c1nccc(C#N)c1Cl. The van der Waals surface area contributed by atoms with Crippen molar-refractivity contribution < 1.29 is 0 Å². The van der Waals surface area contributed by atoms with Crippen LogP contribution in [0.3, 0.4) is 0 Å². The van der Waals surface area contributed by atoms with E-state index in [0.717, 1.165) is 19.6 Å². The zero-order valence-electron chi connectivity index (χ0n) is 10.00. The van der Waals surface area contributed by atoms with Gasteiger partial charge in [0.05, 0.1) is 5.56 Å². The topological polar surface area (TPSA) is 52.0 Å². The van der Waals surface area contributed by atoms with E-state index in [1.54, 1.807) is 12.3 Å². The Hall–Kier alpha value is -1.31. The van der Waals surface area contributed by atoms with E-state index < -0.39 is 0 Å². The highest BCUT2D eigenvalue weighted by molar-refractivity contribution is 6.34. The number of piperazine rings is 1. The van der Waals surface area contributed by atoms with E-state index in [-0.39, 0.29) is 5.54 Å². The van der Waals surface area contributed by atoms with Gasteiger partial charge in [-0.05, 0) is 19.9 Å². The average Bonchev–Trinajstić information content (AvgIpc) is 2.30. The lowest BCUT2D eigenvalue weighted by molar-refractivity contribution is 0.378. The molecule has 0 spiro atoms. The highest BCUT2D eigenvalue weighted by Gasteiger charge is 2.32. The molecule has 0 atom stereocenters. The van der Waals surface area contributed by atoms with Crippen LogP contribution in [-0.4, -0.2) is 30.2 Å². The fourth-order valence-electron chi connectivity index (χ4n) is 2.08. The van der Waals surface area contributed by atoms with Crippen LogP contribution in [0.5, 0.6) is 0 Å². The molecule has 2 rings (SSSR count). The van der Waals surface area contributed by atoms with E-state index in [0.29, 0.717) is 16.4 Å². The van der Waals surface area contributed by atoms with Crippen molar-refractivity contribution in [3.05, 3.63) is 22.8 Å². The van der Waals surface area contributed by atoms with Crippen LogP contribution in [-0.2, 0) is 0 Å². The summed E-state index contributed by atoms with van der Waals surface area (Å²) in [5.41, 5.74) is 0.425. The fourth-order valence-corrected chi connectivity index (χ4v) is 2.34. The molecule has 1 aliphatic rings.